The van der Waals surface area contributed by atoms with E-state index in [0.717, 1.165) is 29.2 Å². The number of hydrogen-bond donors (Lipinski definition) is 1. The van der Waals surface area contributed by atoms with Crippen molar-refractivity contribution in [2.45, 2.75) is 46.6 Å². The topological polar surface area (TPSA) is 37.8 Å². The zero-order valence-corrected chi connectivity index (χ0v) is 12.3. The summed E-state index contributed by atoms with van der Waals surface area (Å²) in [4.78, 5) is 0. The summed E-state index contributed by atoms with van der Waals surface area (Å²) in [5, 5.41) is 14.4. The zero-order chi connectivity index (χ0) is 13.8. The van der Waals surface area contributed by atoms with Crippen LogP contribution >= 0.6 is 0 Å². The average Bonchev–Trinajstić information content (AvgIpc) is 2.42. The van der Waals surface area contributed by atoms with E-state index < -0.39 is 0 Å². The lowest BCUT2D eigenvalue weighted by Crippen LogP contribution is -2.19. The highest BCUT2D eigenvalue weighted by atomic mass is 15.2. The Bertz CT molecular complexity index is 551. The van der Waals surface area contributed by atoms with Crippen LogP contribution in [0.15, 0.2) is 24.3 Å². The van der Waals surface area contributed by atoms with Crippen LogP contribution in [0.3, 0.4) is 0 Å². The van der Waals surface area contributed by atoms with Gasteiger partial charge in [-0.05, 0) is 26.2 Å². The second kappa shape index (κ2) is 6.00. The number of aromatic nitrogens is 2. The van der Waals surface area contributed by atoms with E-state index >= 15 is 0 Å². The van der Waals surface area contributed by atoms with Crippen LogP contribution in [0, 0.1) is 12.8 Å². The monoisotopic (exact) mass is 257 g/mol. The Labute approximate surface area is 115 Å². The van der Waals surface area contributed by atoms with E-state index in [0.29, 0.717) is 6.04 Å². The largest absolute Gasteiger partial charge is 0.366 e. The molecular formula is C16H23N3. The van der Waals surface area contributed by atoms with Crippen LogP contribution in [0.1, 0.15) is 39.3 Å². The molecule has 0 aliphatic heterocycles. The molecule has 2 atom stereocenters. The van der Waals surface area contributed by atoms with Crippen LogP contribution in [0.4, 0.5) is 5.82 Å². The van der Waals surface area contributed by atoms with E-state index in [1.807, 2.05) is 19.1 Å². The van der Waals surface area contributed by atoms with Crippen molar-refractivity contribution >= 4 is 16.6 Å². The van der Waals surface area contributed by atoms with Gasteiger partial charge in [-0.2, -0.15) is 5.10 Å². The van der Waals surface area contributed by atoms with Crippen molar-refractivity contribution < 1.29 is 0 Å². The van der Waals surface area contributed by atoms with Gasteiger partial charge in [-0.3, -0.25) is 0 Å². The summed E-state index contributed by atoms with van der Waals surface area (Å²) in [7, 11) is 0. The van der Waals surface area contributed by atoms with Gasteiger partial charge in [-0.25, -0.2) is 0 Å². The van der Waals surface area contributed by atoms with Gasteiger partial charge in [0.15, 0.2) is 5.82 Å². The third-order valence-electron chi connectivity index (χ3n) is 3.71. The summed E-state index contributed by atoms with van der Waals surface area (Å²) >= 11 is 0. The number of nitrogens with zero attached hydrogens (tertiary/aromatic N) is 2. The van der Waals surface area contributed by atoms with Gasteiger partial charge in [0.1, 0.15) is 0 Å². The van der Waals surface area contributed by atoms with Crippen LogP contribution in [-0.4, -0.2) is 16.2 Å². The molecule has 3 nitrogen and oxygen atoms in total. The number of benzene rings is 1. The lowest BCUT2D eigenvalue weighted by molar-refractivity contribution is 0.483. The summed E-state index contributed by atoms with van der Waals surface area (Å²) < 4.78 is 0. The standard InChI is InChI=1S/C16H23N3/c1-5-11(2)10-12(3)17-16-15-9-7-6-8-14(15)13(4)18-19-16/h6-9,11-12H,5,10H2,1-4H3,(H,17,19). The summed E-state index contributed by atoms with van der Waals surface area (Å²) in [5.74, 6) is 1.63. The summed E-state index contributed by atoms with van der Waals surface area (Å²) in [6, 6.07) is 8.71. The fourth-order valence-electron chi connectivity index (χ4n) is 2.41. The van der Waals surface area contributed by atoms with Crippen LogP contribution in [0.5, 0.6) is 0 Å². The van der Waals surface area contributed by atoms with Gasteiger partial charge in [-0.15, -0.1) is 5.10 Å². The van der Waals surface area contributed by atoms with Gasteiger partial charge in [0.2, 0.25) is 0 Å². The van der Waals surface area contributed by atoms with E-state index in [2.05, 4.69) is 48.4 Å². The maximum Gasteiger partial charge on any atom is 0.156 e. The summed E-state index contributed by atoms with van der Waals surface area (Å²) in [5.41, 5.74) is 0.982. The first kappa shape index (κ1) is 13.8. The Morgan fingerprint density at radius 3 is 2.47 bits per heavy atom. The van der Waals surface area contributed by atoms with Gasteiger partial charge in [0.05, 0.1) is 5.69 Å². The molecule has 0 aliphatic carbocycles. The van der Waals surface area contributed by atoms with E-state index in [4.69, 9.17) is 0 Å². The molecule has 0 bridgehead atoms. The van der Waals surface area contributed by atoms with Crippen LogP contribution < -0.4 is 5.32 Å². The molecular weight excluding hydrogens is 234 g/mol. The molecule has 1 N–H and O–H groups in total. The molecule has 2 unspecified atom stereocenters. The molecule has 19 heavy (non-hydrogen) atoms. The molecule has 1 aromatic heterocycles. The highest BCUT2D eigenvalue weighted by Crippen LogP contribution is 2.23. The van der Waals surface area contributed by atoms with E-state index in [9.17, 15) is 0 Å². The van der Waals surface area contributed by atoms with Crippen molar-refractivity contribution in [3.05, 3.63) is 30.0 Å². The van der Waals surface area contributed by atoms with Crippen molar-refractivity contribution in [3.8, 4) is 0 Å². The first-order valence-corrected chi connectivity index (χ1v) is 7.10. The van der Waals surface area contributed by atoms with Gasteiger partial charge < -0.3 is 5.32 Å². The quantitative estimate of drug-likeness (QED) is 0.873. The molecule has 0 amide bonds. The molecule has 0 spiro atoms. The Morgan fingerprint density at radius 2 is 1.79 bits per heavy atom. The smallest absolute Gasteiger partial charge is 0.156 e. The molecule has 2 rings (SSSR count). The summed E-state index contributed by atoms with van der Waals surface area (Å²) in [6.07, 6.45) is 2.37. The van der Waals surface area contributed by atoms with Crippen LogP contribution in [-0.2, 0) is 0 Å². The summed E-state index contributed by atoms with van der Waals surface area (Å²) in [6.45, 7) is 8.74. The van der Waals surface area contributed by atoms with Gasteiger partial charge in [0, 0.05) is 16.8 Å². The minimum absolute atomic E-state index is 0.412. The third kappa shape index (κ3) is 3.22. The third-order valence-corrected chi connectivity index (χ3v) is 3.71. The number of anilines is 1. The van der Waals surface area contributed by atoms with Crippen LogP contribution in [0.25, 0.3) is 10.8 Å². The number of aryl methyl sites for hydroxylation is 1. The molecule has 0 fully saturated rings. The average molecular weight is 257 g/mol. The van der Waals surface area contributed by atoms with E-state index in [-0.39, 0.29) is 0 Å². The van der Waals surface area contributed by atoms with Gasteiger partial charge in [-0.1, -0.05) is 44.5 Å². The van der Waals surface area contributed by atoms with Crippen molar-refractivity contribution in [1.82, 2.24) is 10.2 Å². The van der Waals surface area contributed by atoms with E-state index in [1.54, 1.807) is 0 Å². The van der Waals surface area contributed by atoms with Crippen LogP contribution in [0.2, 0.25) is 0 Å². The lowest BCUT2D eigenvalue weighted by Gasteiger charge is -2.19. The predicted octanol–water partition coefficient (Wildman–Crippen LogP) is 4.17. The van der Waals surface area contributed by atoms with Gasteiger partial charge in [0.25, 0.3) is 0 Å². The Morgan fingerprint density at radius 1 is 1.11 bits per heavy atom. The minimum atomic E-state index is 0.412. The fourth-order valence-corrected chi connectivity index (χ4v) is 2.41. The van der Waals surface area contributed by atoms with Crippen molar-refractivity contribution in [1.29, 1.82) is 0 Å². The Hall–Kier alpha value is -1.64. The number of rotatable bonds is 5. The van der Waals surface area contributed by atoms with Crippen molar-refractivity contribution in [3.63, 3.8) is 0 Å². The van der Waals surface area contributed by atoms with Crippen molar-refractivity contribution in [2.75, 3.05) is 5.32 Å². The SMILES string of the molecule is CCC(C)CC(C)Nc1nnc(C)c2ccccc12. The molecule has 0 aliphatic rings. The molecule has 3 heteroatoms. The number of nitrogens with one attached hydrogen (secondary N) is 1. The maximum atomic E-state index is 4.32. The Kier molecular flexibility index (Phi) is 4.35. The maximum absolute atomic E-state index is 4.32. The molecule has 0 saturated heterocycles. The number of fused-ring (bicyclic) bond motifs is 1. The highest BCUT2D eigenvalue weighted by molar-refractivity contribution is 5.92. The number of hydrogen-bond acceptors (Lipinski definition) is 3. The second-order valence-electron chi connectivity index (χ2n) is 5.47. The molecule has 0 saturated carbocycles. The zero-order valence-electron chi connectivity index (χ0n) is 12.3. The molecule has 0 radical (unpaired) electrons. The molecule has 1 aromatic carbocycles. The molecule has 1 heterocycles. The molecule has 2 aromatic rings. The minimum Gasteiger partial charge on any atom is -0.366 e. The predicted molar refractivity (Wildman–Crippen MR) is 81.4 cm³/mol. The normalized spacial score (nSPS) is 14.3. The molecule has 102 valence electrons. The Balaban J connectivity index is 2.24. The first-order chi connectivity index (χ1) is 9.11. The van der Waals surface area contributed by atoms with Crippen molar-refractivity contribution in [2.24, 2.45) is 5.92 Å². The van der Waals surface area contributed by atoms with Gasteiger partial charge >= 0.3 is 0 Å². The second-order valence-corrected chi connectivity index (χ2v) is 5.47. The fraction of sp³-hybridized carbons (Fsp3) is 0.500. The van der Waals surface area contributed by atoms with E-state index in [1.165, 1.54) is 11.8 Å². The lowest BCUT2D eigenvalue weighted by atomic mass is 10.0. The highest BCUT2D eigenvalue weighted by Gasteiger charge is 2.11. The first-order valence-electron chi connectivity index (χ1n) is 7.10.